The maximum atomic E-state index is 9.01. The van der Waals surface area contributed by atoms with Crippen LogP contribution in [0.1, 0.15) is 37.4 Å². The lowest BCUT2D eigenvalue weighted by atomic mass is 9.89. The fourth-order valence-corrected chi connectivity index (χ4v) is 2.81. The number of para-hydroxylation sites is 1. The molecule has 0 aliphatic carbocycles. The van der Waals surface area contributed by atoms with Crippen molar-refractivity contribution in [3.8, 4) is 11.8 Å². The number of rotatable bonds is 2. The Morgan fingerprint density at radius 2 is 2.00 bits per heavy atom. The molecule has 0 spiro atoms. The van der Waals surface area contributed by atoms with Crippen molar-refractivity contribution in [2.24, 2.45) is 0 Å². The minimum Gasteiger partial charge on any atom is -0.487 e. The Hall–Kier alpha value is -2.47. The molecule has 1 atom stereocenters. The zero-order valence-corrected chi connectivity index (χ0v) is 12.3. The van der Waals surface area contributed by atoms with Gasteiger partial charge in [0.15, 0.2) is 0 Å². The zero-order chi connectivity index (χ0) is 14.9. The lowest BCUT2D eigenvalue weighted by molar-refractivity contribution is 0.0759. The number of anilines is 1. The van der Waals surface area contributed by atoms with E-state index in [1.54, 1.807) is 0 Å². The van der Waals surface area contributed by atoms with E-state index in [0.717, 1.165) is 17.9 Å². The summed E-state index contributed by atoms with van der Waals surface area (Å²) in [6.45, 7) is 4.20. The number of benzene rings is 2. The van der Waals surface area contributed by atoms with Crippen LogP contribution in [0.25, 0.3) is 0 Å². The van der Waals surface area contributed by atoms with Crippen LogP contribution in [0.2, 0.25) is 0 Å². The third kappa shape index (κ3) is 2.85. The molecule has 2 aromatic carbocycles. The van der Waals surface area contributed by atoms with Gasteiger partial charge >= 0.3 is 0 Å². The quantitative estimate of drug-likeness (QED) is 0.892. The fraction of sp³-hybridized carbons (Fsp3) is 0.278. The van der Waals surface area contributed by atoms with Crippen molar-refractivity contribution in [1.29, 1.82) is 5.26 Å². The van der Waals surface area contributed by atoms with Crippen LogP contribution in [0.15, 0.2) is 48.5 Å². The Kier molecular flexibility index (Phi) is 3.31. The minimum absolute atomic E-state index is 0.180. The van der Waals surface area contributed by atoms with Crippen molar-refractivity contribution in [3.05, 3.63) is 59.7 Å². The summed E-state index contributed by atoms with van der Waals surface area (Å²) in [6, 6.07) is 18.1. The summed E-state index contributed by atoms with van der Waals surface area (Å²) in [5.41, 5.74) is 2.59. The molecule has 1 aliphatic heterocycles. The average Bonchev–Trinajstić information content (AvgIpc) is 2.46. The molecule has 3 nitrogen and oxygen atoms in total. The fourth-order valence-electron chi connectivity index (χ4n) is 2.81. The monoisotopic (exact) mass is 278 g/mol. The van der Waals surface area contributed by atoms with Gasteiger partial charge in [-0.25, -0.2) is 0 Å². The van der Waals surface area contributed by atoms with Crippen LogP contribution in [-0.2, 0) is 0 Å². The summed E-state index contributed by atoms with van der Waals surface area (Å²) in [5, 5.41) is 12.5. The summed E-state index contributed by atoms with van der Waals surface area (Å²) < 4.78 is 6.04. The van der Waals surface area contributed by atoms with Crippen molar-refractivity contribution in [2.45, 2.75) is 31.9 Å². The van der Waals surface area contributed by atoms with E-state index in [4.69, 9.17) is 10.00 Å². The average molecular weight is 278 g/mol. The maximum absolute atomic E-state index is 9.01. The van der Waals surface area contributed by atoms with Crippen LogP contribution in [0.5, 0.6) is 5.75 Å². The van der Waals surface area contributed by atoms with E-state index in [1.165, 1.54) is 5.56 Å². The van der Waals surface area contributed by atoms with Gasteiger partial charge in [-0.15, -0.1) is 0 Å². The van der Waals surface area contributed by atoms with Crippen LogP contribution in [-0.4, -0.2) is 5.60 Å². The van der Waals surface area contributed by atoms with Gasteiger partial charge in [-0.3, -0.25) is 0 Å². The first-order valence-corrected chi connectivity index (χ1v) is 7.12. The highest BCUT2D eigenvalue weighted by molar-refractivity contribution is 5.52. The molecule has 3 rings (SSSR count). The van der Waals surface area contributed by atoms with Gasteiger partial charge in [0.05, 0.1) is 17.7 Å². The van der Waals surface area contributed by atoms with Crippen LogP contribution >= 0.6 is 0 Å². The van der Waals surface area contributed by atoms with Crippen molar-refractivity contribution >= 4 is 5.69 Å². The summed E-state index contributed by atoms with van der Waals surface area (Å²) in [5.74, 6) is 0.933. The van der Waals surface area contributed by atoms with Gasteiger partial charge < -0.3 is 10.1 Å². The normalized spacial score (nSPS) is 19.0. The Morgan fingerprint density at radius 1 is 1.19 bits per heavy atom. The summed E-state index contributed by atoms with van der Waals surface area (Å²) in [4.78, 5) is 0. The molecule has 1 N–H and O–H groups in total. The van der Waals surface area contributed by atoms with Gasteiger partial charge in [0.2, 0.25) is 0 Å². The molecule has 0 saturated heterocycles. The van der Waals surface area contributed by atoms with Crippen LogP contribution in [0.3, 0.4) is 0 Å². The van der Waals surface area contributed by atoms with Gasteiger partial charge in [0.1, 0.15) is 11.4 Å². The molecule has 0 aromatic heterocycles. The third-order valence-electron chi connectivity index (χ3n) is 3.71. The smallest absolute Gasteiger partial charge is 0.125 e. The molecule has 1 heterocycles. The Balaban J connectivity index is 1.93. The Morgan fingerprint density at radius 3 is 2.81 bits per heavy atom. The van der Waals surface area contributed by atoms with Crippen molar-refractivity contribution in [2.75, 3.05) is 5.32 Å². The van der Waals surface area contributed by atoms with Gasteiger partial charge in [0, 0.05) is 17.7 Å². The van der Waals surface area contributed by atoms with Crippen LogP contribution < -0.4 is 10.1 Å². The molecule has 0 saturated carbocycles. The second-order valence-electron chi connectivity index (χ2n) is 5.99. The van der Waals surface area contributed by atoms with Crippen molar-refractivity contribution in [1.82, 2.24) is 0 Å². The third-order valence-corrected chi connectivity index (χ3v) is 3.71. The zero-order valence-electron chi connectivity index (χ0n) is 12.3. The van der Waals surface area contributed by atoms with E-state index in [2.05, 4.69) is 31.3 Å². The predicted molar refractivity (Wildman–Crippen MR) is 83.3 cm³/mol. The largest absolute Gasteiger partial charge is 0.487 e. The SMILES string of the molecule is CC1(C)CC(Nc2cccc(C#N)c2)c2ccccc2O1. The van der Waals surface area contributed by atoms with E-state index in [1.807, 2.05) is 42.5 Å². The van der Waals surface area contributed by atoms with Crippen LogP contribution in [0, 0.1) is 11.3 Å². The number of hydrogen-bond donors (Lipinski definition) is 1. The molecule has 2 aromatic rings. The lowest BCUT2D eigenvalue weighted by Crippen LogP contribution is -2.37. The second kappa shape index (κ2) is 5.14. The molecule has 0 bridgehead atoms. The van der Waals surface area contributed by atoms with E-state index >= 15 is 0 Å². The Labute approximate surface area is 125 Å². The number of fused-ring (bicyclic) bond motifs is 1. The van der Waals surface area contributed by atoms with Gasteiger partial charge in [0.25, 0.3) is 0 Å². The Bertz CT molecular complexity index is 700. The maximum Gasteiger partial charge on any atom is 0.125 e. The molecule has 0 amide bonds. The molecule has 1 aliphatic rings. The van der Waals surface area contributed by atoms with E-state index < -0.39 is 0 Å². The highest BCUT2D eigenvalue weighted by Gasteiger charge is 2.33. The standard InChI is InChI=1S/C18H18N2O/c1-18(2)11-16(15-8-3-4-9-17(15)21-18)20-14-7-5-6-13(10-14)12-19/h3-10,16,20H,11H2,1-2H3. The second-order valence-corrected chi connectivity index (χ2v) is 5.99. The number of nitriles is 1. The summed E-state index contributed by atoms with van der Waals surface area (Å²) in [6.07, 6.45) is 0.876. The van der Waals surface area contributed by atoms with Gasteiger partial charge in [-0.05, 0) is 38.1 Å². The van der Waals surface area contributed by atoms with E-state index in [0.29, 0.717) is 5.56 Å². The number of nitrogens with zero attached hydrogens (tertiary/aromatic N) is 1. The van der Waals surface area contributed by atoms with E-state index in [-0.39, 0.29) is 11.6 Å². The van der Waals surface area contributed by atoms with Crippen molar-refractivity contribution < 1.29 is 4.74 Å². The number of ether oxygens (including phenoxy) is 1. The molecule has 21 heavy (non-hydrogen) atoms. The molecule has 106 valence electrons. The molecule has 1 unspecified atom stereocenters. The van der Waals surface area contributed by atoms with Crippen LogP contribution in [0.4, 0.5) is 5.69 Å². The molecular weight excluding hydrogens is 260 g/mol. The first-order valence-electron chi connectivity index (χ1n) is 7.12. The summed E-state index contributed by atoms with van der Waals surface area (Å²) in [7, 11) is 0. The van der Waals surface area contributed by atoms with Crippen molar-refractivity contribution in [3.63, 3.8) is 0 Å². The first-order chi connectivity index (χ1) is 10.1. The minimum atomic E-state index is -0.209. The molecule has 0 fully saturated rings. The van der Waals surface area contributed by atoms with Gasteiger partial charge in [-0.1, -0.05) is 24.3 Å². The predicted octanol–water partition coefficient (Wildman–Crippen LogP) is 4.27. The number of nitrogens with one attached hydrogen (secondary N) is 1. The molecular formula is C18H18N2O. The topological polar surface area (TPSA) is 45.0 Å². The van der Waals surface area contributed by atoms with E-state index in [9.17, 15) is 0 Å². The lowest BCUT2D eigenvalue weighted by Gasteiger charge is -2.38. The van der Waals surface area contributed by atoms with Gasteiger partial charge in [-0.2, -0.15) is 5.26 Å². The highest BCUT2D eigenvalue weighted by Crippen LogP contribution is 2.40. The molecule has 0 radical (unpaired) electrons. The highest BCUT2D eigenvalue weighted by atomic mass is 16.5. The molecule has 3 heteroatoms. The first kappa shape index (κ1) is 13.5. The number of hydrogen-bond acceptors (Lipinski definition) is 3. The summed E-state index contributed by atoms with van der Waals surface area (Å²) >= 11 is 0.